The summed E-state index contributed by atoms with van der Waals surface area (Å²) in [4.78, 5) is 4.15. The highest BCUT2D eigenvalue weighted by molar-refractivity contribution is 7.48. The lowest BCUT2D eigenvalue weighted by atomic mass is 9.77. The average Bonchev–Trinajstić information content (AvgIpc) is 2.67. The average molecular weight is 458 g/mol. The molecule has 2 unspecified atom stereocenters. The van der Waals surface area contributed by atoms with Crippen molar-refractivity contribution in [1.29, 1.82) is 0 Å². The molecule has 0 fully saturated rings. The normalized spacial score (nSPS) is 15.1. The van der Waals surface area contributed by atoms with Crippen LogP contribution in [0.4, 0.5) is 4.39 Å². The van der Waals surface area contributed by atoms with E-state index in [1.807, 2.05) is 6.07 Å². The van der Waals surface area contributed by atoms with Crippen LogP contribution in [0.1, 0.15) is 96.9 Å². The lowest BCUT2D eigenvalue weighted by Gasteiger charge is -2.36. The van der Waals surface area contributed by atoms with Crippen molar-refractivity contribution in [2.45, 2.75) is 90.6 Å². The van der Waals surface area contributed by atoms with E-state index in [0.29, 0.717) is 14.3 Å². The van der Waals surface area contributed by atoms with E-state index in [1.54, 1.807) is 19.3 Å². The van der Waals surface area contributed by atoms with Crippen LogP contribution in [0.15, 0.2) is 35.3 Å². The second-order valence-corrected chi connectivity index (χ2v) is 13.0. The van der Waals surface area contributed by atoms with Crippen molar-refractivity contribution in [3.63, 3.8) is 0 Å². The second kappa shape index (κ2) is 10.0. The van der Waals surface area contributed by atoms with Crippen LogP contribution in [0, 0.1) is 5.82 Å². The SMILES string of the molecule is CCCCC(C)(Pc1ccc(F)cc1C=NC)c1cc(C(C)(C)C)cc(C(C)(C)C)c1O. The van der Waals surface area contributed by atoms with Crippen molar-refractivity contribution < 1.29 is 9.50 Å². The zero-order valence-corrected chi connectivity index (χ0v) is 22.4. The molecular weight excluding hydrogens is 416 g/mol. The number of phenols is 1. The molecule has 0 radical (unpaired) electrons. The van der Waals surface area contributed by atoms with E-state index in [-0.39, 0.29) is 21.8 Å². The highest BCUT2D eigenvalue weighted by atomic mass is 31.1. The van der Waals surface area contributed by atoms with Crippen LogP contribution in [0.3, 0.4) is 0 Å². The third kappa shape index (κ3) is 6.19. The van der Waals surface area contributed by atoms with Gasteiger partial charge in [-0.05, 0) is 45.8 Å². The molecule has 2 rings (SSSR count). The summed E-state index contributed by atoms with van der Waals surface area (Å²) in [6, 6.07) is 9.35. The van der Waals surface area contributed by atoms with Gasteiger partial charge in [-0.3, -0.25) is 4.99 Å². The van der Waals surface area contributed by atoms with E-state index in [9.17, 15) is 9.50 Å². The number of rotatable bonds is 7. The standard InChI is InChI=1S/C28H41FNOP/c1-10-11-14-28(8,32-24-13-12-21(29)15-19(24)18-30-9)23-17-20(26(2,3)4)16-22(25(23)31)27(5,6)7/h12-13,15-18,31-32H,10-11,14H2,1-9H3. The molecule has 0 aliphatic heterocycles. The van der Waals surface area contributed by atoms with Crippen LogP contribution in [-0.2, 0) is 16.0 Å². The summed E-state index contributed by atoms with van der Waals surface area (Å²) in [6.07, 6.45) is 4.83. The maximum Gasteiger partial charge on any atom is 0.123 e. The van der Waals surface area contributed by atoms with Gasteiger partial charge in [0.2, 0.25) is 0 Å². The Kier molecular flexibility index (Phi) is 8.32. The van der Waals surface area contributed by atoms with Crippen LogP contribution < -0.4 is 5.30 Å². The van der Waals surface area contributed by atoms with Crippen molar-refractivity contribution in [3.8, 4) is 5.75 Å². The van der Waals surface area contributed by atoms with E-state index in [1.165, 1.54) is 11.6 Å². The number of hydrogen-bond donors (Lipinski definition) is 1. The maximum absolute atomic E-state index is 14.0. The third-order valence-corrected chi connectivity index (χ3v) is 7.90. The number of halogens is 1. The van der Waals surface area contributed by atoms with Crippen LogP contribution in [-0.4, -0.2) is 18.4 Å². The quantitative estimate of drug-likeness (QED) is 0.337. The van der Waals surface area contributed by atoms with Gasteiger partial charge in [-0.2, -0.15) is 0 Å². The predicted molar refractivity (Wildman–Crippen MR) is 140 cm³/mol. The first-order valence-electron chi connectivity index (χ1n) is 11.6. The predicted octanol–water partition coefficient (Wildman–Crippen LogP) is 7.58. The molecule has 0 amide bonds. The van der Waals surface area contributed by atoms with Crippen LogP contribution in [0.5, 0.6) is 5.75 Å². The van der Waals surface area contributed by atoms with Gasteiger partial charge in [0.25, 0.3) is 0 Å². The number of aromatic hydroxyl groups is 1. The Morgan fingerprint density at radius 2 is 1.59 bits per heavy atom. The Morgan fingerprint density at radius 3 is 2.12 bits per heavy atom. The number of unbranched alkanes of at least 4 members (excludes halogenated alkanes) is 1. The number of aliphatic imine (C=N–C) groups is 1. The minimum atomic E-state index is -0.268. The fraction of sp³-hybridized carbons (Fsp3) is 0.536. The van der Waals surface area contributed by atoms with Gasteiger partial charge in [-0.1, -0.05) is 95.0 Å². The van der Waals surface area contributed by atoms with Gasteiger partial charge >= 0.3 is 0 Å². The number of hydrogen-bond acceptors (Lipinski definition) is 2. The van der Waals surface area contributed by atoms with Crippen molar-refractivity contribution in [2.24, 2.45) is 4.99 Å². The topological polar surface area (TPSA) is 32.6 Å². The summed E-state index contributed by atoms with van der Waals surface area (Å²) >= 11 is 0. The number of benzene rings is 2. The molecule has 4 heteroatoms. The molecule has 1 N–H and O–H groups in total. The molecule has 176 valence electrons. The van der Waals surface area contributed by atoms with Crippen LogP contribution in [0.25, 0.3) is 0 Å². The number of nitrogens with zero attached hydrogens (tertiary/aromatic N) is 1. The smallest absolute Gasteiger partial charge is 0.123 e. The first-order chi connectivity index (χ1) is 14.7. The van der Waals surface area contributed by atoms with Crippen molar-refractivity contribution >= 4 is 20.1 Å². The Bertz CT molecular complexity index is 969. The van der Waals surface area contributed by atoms with E-state index in [4.69, 9.17) is 0 Å². The second-order valence-electron chi connectivity index (χ2n) is 11.1. The Morgan fingerprint density at radius 1 is 0.969 bits per heavy atom. The van der Waals surface area contributed by atoms with Gasteiger partial charge in [0, 0.05) is 29.5 Å². The Balaban J connectivity index is 2.77. The molecular formula is C28H41FNOP. The first-order valence-corrected chi connectivity index (χ1v) is 12.6. The molecule has 0 saturated carbocycles. The van der Waals surface area contributed by atoms with Gasteiger partial charge in [0.1, 0.15) is 11.6 Å². The molecule has 0 aliphatic carbocycles. The monoisotopic (exact) mass is 457 g/mol. The van der Waals surface area contributed by atoms with Gasteiger partial charge < -0.3 is 5.11 Å². The highest BCUT2D eigenvalue weighted by Crippen LogP contribution is 2.51. The van der Waals surface area contributed by atoms with E-state index in [0.717, 1.165) is 41.3 Å². The van der Waals surface area contributed by atoms with Gasteiger partial charge in [0.05, 0.1) is 0 Å². The fourth-order valence-electron chi connectivity index (χ4n) is 4.05. The van der Waals surface area contributed by atoms with Gasteiger partial charge in [0.15, 0.2) is 0 Å². The third-order valence-electron chi connectivity index (χ3n) is 6.10. The molecule has 2 aromatic carbocycles. The zero-order valence-electron chi connectivity index (χ0n) is 21.4. The van der Waals surface area contributed by atoms with E-state index in [2.05, 4.69) is 72.5 Å². The molecule has 0 heterocycles. The zero-order chi connectivity index (χ0) is 24.3. The number of phenolic OH excluding ortho intramolecular Hbond substituents is 1. The largest absolute Gasteiger partial charge is 0.507 e. The molecule has 32 heavy (non-hydrogen) atoms. The molecule has 2 nitrogen and oxygen atoms in total. The minimum absolute atomic E-state index is 0.0346. The summed E-state index contributed by atoms with van der Waals surface area (Å²) in [5.74, 6) is 0.153. The summed E-state index contributed by atoms with van der Waals surface area (Å²) in [6.45, 7) is 17.6. The lowest BCUT2D eigenvalue weighted by molar-refractivity contribution is 0.425. The van der Waals surface area contributed by atoms with Gasteiger partial charge in [-0.25, -0.2) is 4.39 Å². The maximum atomic E-state index is 14.0. The van der Waals surface area contributed by atoms with Crippen molar-refractivity contribution in [2.75, 3.05) is 7.05 Å². The van der Waals surface area contributed by atoms with E-state index < -0.39 is 0 Å². The summed E-state index contributed by atoms with van der Waals surface area (Å²) < 4.78 is 14.0. The van der Waals surface area contributed by atoms with E-state index >= 15 is 0 Å². The molecule has 2 atom stereocenters. The highest BCUT2D eigenvalue weighted by Gasteiger charge is 2.34. The molecule has 0 aromatic heterocycles. The first kappa shape index (κ1) is 26.5. The molecule has 0 saturated heterocycles. The summed E-state index contributed by atoms with van der Waals surface area (Å²) in [7, 11) is 2.09. The minimum Gasteiger partial charge on any atom is -0.507 e. The molecule has 2 aromatic rings. The van der Waals surface area contributed by atoms with Crippen molar-refractivity contribution in [1.82, 2.24) is 0 Å². The van der Waals surface area contributed by atoms with Crippen LogP contribution >= 0.6 is 8.58 Å². The molecule has 0 bridgehead atoms. The summed E-state index contributed by atoms with van der Waals surface area (Å²) in [5, 5.41) is 12.4. The summed E-state index contributed by atoms with van der Waals surface area (Å²) in [5.41, 5.74) is 3.83. The Labute approximate surface area is 196 Å². The molecule has 0 aliphatic rings. The van der Waals surface area contributed by atoms with Crippen LogP contribution in [0.2, 0.25) is 0 Å². The van der Waals surface area contributed by atoms with Gasteiger partial charge in [-0.15, -0.1) is 0 Å². The Hall–Kier alpha value is -1.73. The fourth-order valence-corrected chi connectivity index (χ4v) is 5.71. The molecule has 0 spiro atoms. The van der Waals surface area contributed by atoms with Crippen molar-refractivity contribution in [3.05, 3.63) is 58.4 Å². The lowest BCUT2D eigenvalue weighted by Crippen LogP contribution is -2.25.